The molecule has 1 aromatic rings. The van der Waals surface area contributed by atoms with Crippen molar-refractivity contribution in [2.45, 2.75) is 43.3 Å². The van der Waals surface area contributed by atoms with Gasteiger partial charge in [0, 0.05) is 4.75 Å². The lowest BCUT2D eigenvalue weighted by Gasteiger charge is -2.56. The highest BCUT2D eigenvalue weighted by molar-refractivity contribution is 8.01. The number of anilines is 1. The van der Waals surface area contributed by atoms with Crippen molar-refractivity contribution in [3.8, 4) is 0 Å². The minimum atomic E-state index is -0.365. The molecule has 4 fully saturated rings. The molecule has 1 aromatic carbocycles. The minimum absolute atomic E-state index is 0.0779. The van der Waals surface area contributed by atoms with Gasteiger partial charge in [0.2, 0.25) is 5.91 Å². The van der Waals surface area contributed by atoms with Crippen molar-refractivity contribution in [2.24, 2.45) is 17.8 Å². The molecular weight excluding hydrogens is 297 g/mol. The van der Waals surface area contributed by atoms with Gasteiger partial charge in [-0.15, -0.1) is 11.8 Å². The monoisotopic (exact) mass is 319 g/mol. The van der Waals surface area contributed by atoms with Crippen molar-refractivity contribution in [1.29, 1.82) is 0 Å². The van der Waals surface area contributed by atoms with Gasteiger partial charge in [-0.1, -0.05) is 12.1 Å². The Balaban J connectivity index is 1.37. The molecule has 22 heavy (non-hydrogen) atoms. The van der Waals surface area contributed by atoms with E-state index >= 15 is 0 Å². The topological polar surface area (TPSA) is 29.1 Å². The molecule has 4 aliphatic rings. The Morgan fingerprint density at radius 3 is 2.32 bits per heavy atom. The van der Waals surface area contributed by atoms with E-state index in [-0.39, 0.29) is 11.7 Å². The Labute approximate surface area is 135 Å². The zero-order chi connectivity index (χ0) is 15.2. The predicted octanol–water partition coefficient (Wildman–Crippen LogP) is 4.47. The van der Waals surface area contributed by atoms with Gasteiger partial charge in [-0.25, -0.2) is 4.39 Å². The summed E-state index contributed by atoms with van der Waals surface area (Å²) in [5.74, 6) is 2.69. The van der Waals surface area contributed by atoms with Crippen LogP contribution in [0.25, 0.3) is 0 Å². The second-order valence-electron chi connectivity index (χ2n) is 7.42. The molecule has 0 spiro atoms. The van der Waals surface area contributed by atoms with Gasteiger partial charge in [0.1, 0.15) is 5.82 Å². The van der Waals surface area contributed by atoms with Crippen molar-refractivity contribution in [3.05, 3.63) is 30.1 Å². The summed E-state index contributed by atoms with van der Waals surface area (Å²) in [5, 5.41) is 2.71. The number of hydrogen-bond acceptors (Lipinski definition) is 2. The molecule has 1 N–H and O–H groups in total. The van der Waals surface area contributed by atoms with Crippen LogP contribution >= 0.6 is 11.8 Å². The number of carbonyl (C=O) groups is 1. The SMILES string of the molecule is O=C(CSC12CC3CC(CC(C3)C1)C2)Nc1ccccc1F. The van der Waals surface area contributed by atoms with Gasteiger partial charge in [-0.05, 0) is 68.4 Å². The van der Waals surface area contributed by atoms with Crippen molar-refractivity contribution >= 4 is 23.4 Å². The summed E-state index contributed by atoms with van der Waals surface area (Å²) in [6.45, 7) is 0. The average molecular weight is 319 g/mol. The Bertz CT molecular complexity index is 553. The normalized spacial score (nSPS) is 35.6. The standard InChI is InChI=1S/C18H22FNOS/c19-15-3-1-2-4-16(15)20-17(21)11-22-18-8-12-5-13(9-18)7-14(6-12)10-18/h1-4,12-14H,5-11H2,(H,20,21). The van der Waals surface area contributed by atoms with Crippen LogP contribution in [0.4, 0.5) is 10.1 Å². The molecule has 4 heteroatoms. The van der Waals surface area contributed by atoms with Crippen molar-refractivity contribution < 1.29 is 9.18 Å². The van der Waals surface area contributed by atoms with E-state index in [1.165, 1.54) is 44.6 Å². The van der Waals surface area contributed by atoms with E-state index in [9.17, 15) is 9.18 Å². The third kappa shape index (κ3) is 2.78. The Morgan fingerprint density at radius 1 is 1.14 bits per heavy atom. The third-order valence-corrected chi connectivity index (χ3v) is 7.16. The zero-order valence-electron chi connectivity index (χ0n) is 12.7. The van der Waals surface area contributed by atoms with Gasteiger partial charge in [0.05, 0.1) is 11.4 Å². The van der Waals surface area contributed by atoms with Crippen LogP contribution in [0.2, 0.25) is 0 Å². The number of halogens is 1. The summed E-state index contributed by atoms with van der Waals surface area (Å²) < 4.78 is 13.9. The third-order valence-electron chi connectivity index (χ3n) is 5.64. The van der Waals surface area contributed by atoms with E-state index in [4.69, 9.17) is 0 Å². The number of amides is 1. The second-order valence-corrected chi connectivity index (χ2v) is 8.86. The van der Waals surface area contributed by atoms with Gasteiger partial charge in [-0.3, -0.25) is 4.79 Å². The van der Waals surface area contributed by atoms with Gasteiger partial charge in [0.15, 0.2) is 0 Å². The lowest BCUT2D eigenvalue weighted by Crippen LogP contribution is -2.49. The van der Waals surface area contributed by atoms with Crippen LogP contribution in [0.15, 0.2) is 24.3 Å². The molecule has 4 saturated carbocycles. The van der Waals surface area contributed by atoms with Crippen LogP contribution < -0.4 is 5.32 Å². The Morgan fingerprint density at radius 2 is 1.73 bits per heavy atom. The molecular formula is C18H22FNOS. The van der Waals surface area contributed by atoms with Crippen LogP contribution in [-0.4, -0.2) is 16.4 Å². The van der Waals surface area contributed by atoms with Crippen molar-refractivity contribution in [3.63, 3.8) is 0 Å². The highest BCUT2D eigenvalue weighted by Crippen LogP contribution is 2.60. The van der Waals surface area contributed by atoms with E-state index in [1.807, 2.05) is 11.8 Å². The molecule has 2 nitrogen and oxygen atoms in total. The number of benzene rings is 1. The molecule has 118 valence electrons. The Hall–Kier alpha value is -1.03. The largest absolute Gasteiger partial charge is 0.323 e. The lowest BCUT2D eigenvalue weighted by molar-refractivity contribution is -0.113. The summed E-state index contributed by atoms with van der Waals surface area (Å²) in [4.78, 5) is 12.2. The van der Waals surface area contributed by atoms with E-state index in [0.29, 0.717) is 16.2 Å². The number of thioether (sulfide) groups is 1. The summed E-state index contributed by atoms with van der Waals surface area (Å²) >= 11 is 1.83. The molecule has 1 amide bonds. The molecule has 4 aliphatic carbocycles. The van der Waals surface area contributed by atoms with Gasteiger partial charge < -0.3 is 5.32 Å². The number of nitrogens with one attached hydrogen (secondary N) is 1. The summed E-state index contributed by atoms with van der Waals surface area (Å²) in [7, 11) is 0. The van der Waals surface area contributed by atoms with E-state index < -0.39 is 0 Å². The molecule has 0 aliphatic heterocycles. The van der Waals surface area contributed by atoms with E-state index in [0.717, 1.165) is 17.8 Å². The maximum absolute atomic E-state index is 13.6. The fraction of sp³-hybridized carbons (Fsp3) is 0.611. The van der Waals surface area contributed by atoms with Crippen LogP contribution in [-0.2, 0) is 4.79 Å². The Kier molecular flexibility index (Phi) is 3.67. The second kappa shape index (κ2) is 5.55. The summed E-state index contributed by atoms with van der Waals surface area (Å²) in [6, 6.07) is 6.37. The van der Waals surface area contributed by atoms with E-state index in [2.05, 4.69) is 5.32 Å². The number of para-hydroxylation sites is 1. The molecule has 0 radical (unpaired) electrons. The molecule has 0 unspecified atom stereocenters. The molecule has 5 rings (SSSR count). The molecule has 0 aromatic heterocycles. The average Bonchev–Trinajstić information content (AvgIpc) is 2.46. The molecule has 0 heterocycles. The maximum Gasteiger partial charge on any atom is 0.234 e. The van der Waals surface area contributed by atoms with Gasteiger partial charge in [-0.2, -0.15) is 0 Å². The minimum Gasteiger partial charge on any atom is -0.323 e. The first-order valence-corrected chi connectivity index (χ1v) is 9.29. The number of carbonyl (C=O) groups excluding carboxylic acids is 1. The van der Waals surface area contributed by atoms with E-state index in [1.54, 1.807) is 18.2 Å². The smallest absolute Gasteiger partial charge is 0.234 e. The highest BCUT2D eigenvalue weighted by atomic mass is 32.2. The number of hydrogen-bond donors (Lipinski definition) is 1. The molecule has 0 saturated heterocycles. The zero-order valence-corrected chi connectivity index (χ0v) is 13.5. The van der Waals surface area contributed by atoms with Crippen LogP contribution in [0.5, 0.6) is 0 Å². The first kappa shape index (κ1) is 14.6. The van der Waals surface area contributed by atoms with Crippen molar-refractivity contribution in [2.75, 3.05) is 11.1 Å². The fourth-order valence-corrected chi connectivity index (χ4v) is 6.75. The van der Waals surface area contributed by atoms with Crippen LogP contribution in [0.3, 0.4) is 0 Å². The van der Waals surface area contributed by atoms with Crippen molar-refractivity contribution in [1.82, 2.24) is 0 Å². The maximum atomic E-state index is 13.6. The quantitative estimate of drug-likeness (QED) is 0.887. The summed E-state index contributed by atoms with van der Waals surface area (Å²) in [6.07, 6.45) is 8.12. The molecule has 4 bridgehead atoms. The summed E-state index contributed by atoms with van der Waals surface area (Å²) in [5.41, 5.74) is 0.290. The number of rotatable bonds is 4. The van der Waals surface area contributed by atoms with Crippen LogP contribution in [0.1, 0.15) is 38.5 Å². The van der Waals surface area contributed by atoms with Crippen LogP contribution in [0, 0.1) is 23.6 Å². The lowest BCUT2D eigenvalue weighted by atomic mass is 9.56. The first-order valence-electron chi connectivity index (χ1n) is 8.30. The first-order chi connectivity index (χ1) is 10.6. The fourth-order valence-electron chi connectivity index (χ4n) is 5.18. The predicted molar refractivity (Wildman–Crippen MR) is 88.4 cm³/mol. The molecule has 0 atom stereocenters. The highest BCUT2D eigenvalue weighted by Gasteiger charge is 2.51. The van der Waals surface area contributed by atoms with Gasteiger partial charge in [0.25, 0.3) is 0 Å². The van der Waals surface area contributed by atoms with Gasteiger partial charge >= 0.3 is 0 Å².